The van der Waals surface area contributed by atoms with Gasteiger partial charge in [0.2, 0.25) is 0 Å². The van der Waals surface area contributed by atoms with Crippen molar-refractivity contribution in [3.63, 3.8) is 0 Å². The number of benzene rings is 2. The van der Waals surface area contributed by atoms with Gasteiger partial charge in [0.25, 0.3) is 5.91 Å². The maximum absolute atomic E-state index is 13.1. The van der Waals surface area contributed by atoms with Gasteiger partial charge in [-0.1, -0.05) is 18.2 Å². The molecule has 0 saturated heterocycles. The van der Waals surface area contributed by atoms with E-state index < -0.39 is 5.82 Å². The number of carbonyl (C=O) groups excluding carboxylic acids is 1. The number of nitrogens with zero attached hydrogens (tertiary/aromatic N) is 2. The minimum atomic E-state index is -0.399. The number of aromatic nitrogens is 2. The predicted octanol–water partition coefficient (Wildman–Crippen LogP) is 2.89. The number of aryl methyl sites for hydroxylation is 1. The van der Waals surface area contributed by atoms with Crippen LogP contribution in [0.4, 0.5) is 4.39 Å². The van der Waals surface area contributed by atoms with Gasteiger partial charge in [-0.15, -0.1) is 0 Å². The van der Waals surface area contributed by atoms with Crippen LogP contribution in [0.1, 0.15) is 12.7 Å². The van der Waals surface area contributed by atoms with E-state index in [0.717, 1.165) is 23.4 Å². The Morgan fingerprint density at radius 3 is 2.88 bits per heavy atom. The minimum Gasteiger partial charge on any atom is -0.484 e. The molecule has 0 radical (unpaired) electrons. The van der Waals surface area contributed by atoms with Crippen molar-refractivity contribution < 1.29 is 13.9 Å². The van der Waals surface area contributed by atoms with Gasteiger partial charge in [-0.05, 0) is 31.2 Å². The zero-order valence-corrected chi connectivity index (χ0v) is 13.3. The van der Waals surface area contributed by atoms with Crippen LogP contribution in [0.25, 0.3) is 11.0 Å². The number of rotatable bonds is 6. The van der Waals surface area contributed by atoms with Gasteiger partial charge >= 0.3 is 0 Å². The van der Waals surface area contributed by atoms with Crippen molar-refractivity contribution in [3.8, 4) is 5.75 Å². The van der Waals surface area contributed by atoms with E-state index in [-0.39, 0.29) is 12.5 Å². The summed E-state index contributed by atoms with van der Waals surface area (Å²) in [6, 6.07) is 13.5. The molecule has 0 aliphatic heterocycles. The molecular weight excluding hydrogens is 309 g/mol. The van der Waals surface area contributed by atoms with Crippen molar-refractivity contribution in [2.45, 2.75) is 20.0 Å². The standard InChI is InChI=1S/C18H18FN3O2/c1-2-22-16-9-4-3-8-15(16)21-17(22)11-20-18(23)12-24-14-7-5-6-13(19)10-14/h3-10H,2,11-12H2,1H3,(H,20,23). The molecule has 0 spiro atoms. The Labute approximate surface area is 139 Å². The van der Waals surface area contributed by atoms with Crippen molar-refractivity contribution in [2.75, 3.05) is 6.61 Å². The summed E-state index contributed by atoms with van der Waals surface area (Å²) < 4.78 is 20.4. The van der Waals surface area contributed by atoms with E-state index in [2.05, 4.69) is 14.9 Å². The first-order valence-electron chi connectivity index (χ1n) is 7.76. The largest absolute Gasteiger partial charge is 0.484 e. The summed E-state index contributed by atoms with van der Waals surface area (Å²) in [7, 11) is 0. The number of ether oxygens (including phenoxy) is 1. The maximum atomic E-state index is 13.1. The Balaban J connectivity index is 1.60. The Morgan fingerprint density at radius 2 is 2.08 bits per heavy atom. The molecule has 0 unspecified atom stereocenters. The summed E-state index contributed by atoms with van der Waals surface area (Å²) in [4.78, 5) is 16.5. The summed E-state index contributed by atoms with van der Waals surface area (Å²) in [6.45, 7) is 2.95. The molecule has 1 aromatic heterocycles. The number of imidazole rings is 1. The summed E-state index contributed by atoms with van der Waals surface area (Å²) in [5.41, 5.74) is 1.94. The molecule has 5 nitrogen and oxygen atoms in total. The van der Waals surface area contributed by atoms with Gasteiger partial charge in [-0.25, -0.2) is 9.37 Å². The summed E-state index contributed by atoms with van der Waals surface area (Å²) in [6.07, 6.45) is 0. The molecule has 124 valence electrons. The third-order valence-electron chi connectivity index (χ3n) is 3.66. The molecule has 1 heterocycles. The van der Waals surface area contributed by atoms with E-state index in [1.165, 1.54) is 18.2 Å². The first-order valence-corrected chi connectivity index (χ1v) is 7.76. The number of amides is 1. The van der Waals surface area contributed by atoms with Gasteiger partial charge in [0.15, 0.2) is 6.61 Å². The average Bonchev–Trinajstić information content (AvgIpc) is 2.95. The third kappa shape index (κ3) is 3.53. The van der Waals surface area contributed by atoms with Gasteiger partial charge in [0, 0.05) is 12.6 Å². The predicted molar refractivity (Wildman–Crippen MR) is 89.1 cm³/mol. The Hall–Kier alpha value is -2.89. The first kappa shape index (κ1) is 16.0. The van der Waals surface area contributed by atoms with Crippen LogP contribution in [0, 0.1) is 5.82 Å². The highest BCUT2D eigenvalue weighted by atomic mass is 19.1. The monoisotopic (exact) mass is 327 g/mol. The van der Waals surface area contributed by atoms with Crippen molar-refractivity contribution in [1.82, 2.24) is 14.9 Å². The number of halogens is 1. The Bertz CT molecular complexity index is 860. The topological polar surface area (TPSA) is 56.2 Å². The van der Waals surface area contributed by atoms with Crippen LogP contribution in [0.5, 0.6) is 5.75 Å². The van der Waals surface area contributed by atoms with E-state index in [9.17, 15) is 9.18 Å². The van der Waals surface area contributed by atoms with Crippen LogP contribution < -0.4 is 10.1 Å². The Morgan fingerprint density at radius 1 is 1.25 bits per heavy atom. The zero-order valence-electron chi connectivity index (χ0n) is 13.3. The average molecular weight is 327 g/mol. The smallest absolute Gasteiger partial charge is 0.258 e. The van der Waals surface area contributed by atoms with Crippen LogP contribution in [-0.4, -0.2) is 22.1 Å². The number of para-hydroxylation sites is 2. The second kappa shape index (κ2) is 7.12. The lowest BCUT2D eigenvalue weighted by molar-refractivity contribution is -0.123. The highest BCUT2D eigenvalue weighted by molar-refractivity contribution is 5.78. The highest BCUT2D eigenvalue weighted by Crippen LogP contribution is 2.16. The van der Waals surface area contributed by atoms with Crippen LogP contribution in [0.2, 0.25) is 0 Å². The molecule has 0 aliphatic rings. The van der Waals surface area contributed by atoms with Crippen molar-refractivity contribution in [1.29, 1.82) is 0 Å². The van der Waals surface area contributed by atoms with Crippen molar-refractivity contribution in [2.24, 2.45) is 0 Å². The summed E-state index contributed by atoms with van der Waals surface area (Å²) in [5, 5.41) is 2.78. The molecule has 24 heavy (non-hydrogen) atoms. The molecular formula is C18H18FN3O2. The molecule has 0 saturated carbocycles. The molecule has 3 rings (SSSR count). The fourth-order valence-electron chi connectivity index (χ4n) is 2.55. The lowest BCUT2D eigenvalue weighted by Gasteiger charge is -2.09. The fourth-order valence-corrected chi connectivity index (χ4v) is 2.55. The van der Waals surface area contributed by atoms with Crippen molar-refractivity contribution in [3.05, 3.63) is 60.2 Å². The van der Waals surface area contributed by atoms with E-state index in [1.807, 2.05) is 31.2 Å². The first-order chi connectivity index (χ1) is 11.7. The number of hydrogen-bond donors (Lipinski definition) is 1. The minimum absolute atomic E-state index is 0.171. The second-order valence-electron chi connectivity index (χ2n) is 5.28. The normalized spacial score (nSPS) is 10.8. The molecule has 0 atom stereocenters. The van der Waals surface area contributed by atoms with Crippen molar-refractivity contribution >= 4 is 16.9 Å². The van der Waals surface area contributed by atoms with Gasteiger partial charge in [0.1, 0.15) is 17.4 Å². The summed E-state index contributed by atoms with van der Waals surface area (Å²) in [5.74, 6) is 0.433. The second-order valence-corrected chi connectivity index (χ2v) is 5.28. The number of fused-ring (bicyclic) bond motifs is 1. The molecule has 2 aromatic carbocycles. The molecule has 0 fully saturated rings. The molecule has 0 bridgehead atoms. The lowest BCUT2D eigenvalue weighted by atomic mass is 10.3. The zero-order chi connectivity index (χ0) is 16.9. The van der Waals surface area contributed by atoms with E-state index >= 15 is 0 Å². The van der Waals surface area contributed by atoms with Gasteiger partial charge in [0.05, 0.1) is 17.6 Å². The molecule has 6 heteroatoms. The molecule has 1 amide bonds. The Kier molecular flexibility index (Phi) is 4.74. The van der Waals surface area contributed by atoms with Gasteiger partial charge < -0.3 is 14.6 Å². The van der Waals surface area contributed by atoms with Gasteiger partial charge in [-0.3, -0.25) is 4.79 Å². The van der Waals surface area contributed by atoms with E-state index in [4.69, 9.17) is 4.74 Å². The molecule has 1 N–H and O–H groups in total. The lowest BCUT2D eigenvalue weighted by Crippen LogP contribution is -2.29. The third-order valence-corrected chi connectivity index (χ3v) is 3.66. The SMILES string of the molecule is CCn1c(CNC(=O)COc2cccc(F)c2)nc2ccccc21. The summed E-state index contributed by atoms with van der Waals surface area (Å²) >= 11 is 0. The fraction of sp³-hybridized carbons (Fsp3) is 0.222. The van der Waals surface area contributed by atoms with Crippen LogP contribution in [0.3, 0.4) is 0 Å². The van der Waals surface area contributed by atoms with E-state index in [0.29, 0.717) is 12.3 Å². The quantitative estimate of drug-likeness (QED) is 0.757. The van der Waals surface area contributed by atoms with Crippen LogP contribution in [-0.2, 0) is 17.9 Å². The molecule has 0 aliphatic carbocycles. The van der Waals surface area contributed by atoms with Crippen LogP contribution in [0.15, 0.2) is 48.5 Å². The number of carbonyl (C=O) groups is 1. The molecule has 3 aromatic rings. The number of nitrogens with one attached hydrogen (secondary N) is 1. The van der Waals surface area contributed by atoms with E-state index in [1.54, 1.807) is 6.07 Å². The van der Waals surface area contributed by atoms with Crippen LogP contribution >= 0.6 is 0 Å². The maximum Gasteiger partial charge on any atom is 0.258 e. The van der Waals surface area contributed by atoms with Gasteiger partial charge in [-0.2, -0.15) is 0 Å². The number of hydrogen-bond acceptors (Lipinski definition) is 3. The highest BCUT2D eigenvalue weighted by Gasteiger charge is 2.10.